The third-order valence-electron chi connectivity index (χ3n) is 4.07. The van der Waals surface area contributed by atoms with Crippen LogP contribution in [0.25, 0.3) is 0 Å². The minimum absolute atomic E-state index is 0.0628. The molecule has 0 aromatic rings. The maximum Gasteiger partial charge on any atom is 0.239 e. The van der Waals surface area contributed by atoms with Gasteiger partial charge >= 0.3 is 0 Å². The highest BCUT2D eigenvalue weighted by Gasteiger charge is 2.29. The molecular formula is C15H31N3O. The topological polar surface area (TPSA) is 58.4 Å². The van der Waals surface area contributed by atoms with E-state index in [9.17, 15) is 4.79 Å². The smallest absolute Gasteiger partial charge is 0.239 e. The van der Waals surface area contributed by atoms with Gasteiger partial charge in [-0.1, -0.05) is 26.7 Å². The third-order valence-corrected chi connectivity index (χ3v) is 4.07. The second-order valence-electron chi connectivity index (χ2n) is 6.47. The molecule has 3 atom stereocenters. The van der Waals surface area contributed by atoms with Crippen molar-refractivity contribution in [2.24, 2.45) is 17.6 Å². The van der Waals surface area contributed by atoms with E-state index >= 15 is 0 Å². The minimum atomic E-state index is -0.0628. The monoisotopic (exact) mass is 269 g/mol. The zero-order chi connectivity index (χ0) is 14.4. The summed E-state index contributed by atoms with van der Waals surface area (Å²) in [7, 11) is 3.66. The maximum absolute atomic E-state index is 12.3. The molecule has 19 heavy (non-hydrogen) atoms. The predicted octanol–water partition coefficient (Wildman–Crippen LogP) is 1.60. The van der Waals surface area contributed by atoms with Crippen LogP contribution in [0, 0.1) is 11.8 Å². The van der Waals surface area contributed by atoms with E-state index in [0.29, 0.717) is 17.9 Å². The van der Waals surface area contributed by atoms with Gasteiger partial charge in [0.25, 0.3) is 0 Å². The van der Waals surface area contributed by atoms with Gasteiger partial charge in [0.1, 0.15) is 0 Å². The van der Waals surface area contributed by atoms with Gasteiger partial charge in [-0.2, -0.15) is 0 Å². The Hall–Kier alpha value is -0.610. The lowest BCUT2D eigenvalue weighted by molar-refractivity contribution is -0.131. The molecule has 4 nitrogen and oxygen atoms in total. The number of nitrogens with two attached hydrogens (primary N) is 1. The Bertz CT molecular complexity index is 279. The molecule has 0 aliphatic heterocycles. The summed E-state index contributed by atoms with van der Waals surface area (Å²) in [5, 5.41) is 3.60. The molecule has 1 rings (SSSR count). The number of likely N-dealkylation sites (N-methyl/N-ethyl adjacent to an activating group) is 1. The zero-order valence-electron chi connectivity index (χ0n) is 13.0. The molecule has 0 spiro atoms. The Balaban J connectivity index is 2.66. The number of carbonyl (C=O) groups excluding carboxylic acids is 1. The lowest BCUT2D eigenvalue weighted by Crippen LogP contribution is -2.52. The van der Waals surface area contributed by atoms with Crippen LogP contribution in [-0.4, -0.2) is 43.5 Å². The molecule has 4 heteroatoms. The summed E-state index contributed by atoms with van der Waals surface area (Å²) in [5.74, 6) is 1.23. The summed E-state index contributed by atoms with van der Waals surface area (Å²) in [6.45, 7) is 5.06. The lowest BCUT2D eigenvalue weighted by atomic mass is 9.83. The molecule has 0 heterocycles. The van der Waals surface area contributed by atoms with Crippen molar-refractivity contribution in [3.63, 3.8) is 0 Å². The number of carbonyl (C=O) groups is 1. The fourth-order valence-electron chi connectivity index (χ4n) is 2.99. The maximum atomic E-state index is 12.3. The summed E-state index contributed by atoms with van der Waals surface area (Å²) < 4.78 is 0. The van der Waals surface area contributed by atoms with E-state index in [4.69, 9.17) is 5.73 Å². The molecule has 0 bridgehead atoms. The summed E-state index contributed by atoms with van der Waals surface area (Å²) in [4.78, 5) is 14.0. The van der Waals surface area contributed by atoms with Crippen molar-refractivity contribution in [1.29, 1.82) is 0 Å². The molecule has 3 N–H and O–H groups in total. The van der Waals surface area contributed by atoms with Crippen LogP contribution >= 0.6 is 0 Å². The summed E-state index contributed by atoms with van der Waals surface area (Å²) in [6, 6.07) is 0.346. The van der Waals surface area contributed by atoms with Gasteiger partial charge in [0.2, 0.25) is 5.91 Å². The van der Waals surface area contributed by atoms with Gasteiger partial charge in [0, 0.05) is 20.1 Å². The molecule has 0 aromatic heterocycles. The van der Waals surface area contributed by atoms with Gasteiger partial charge in [0.15, 0.2) is 0 Å². The third kappa shape index (κ3) is 5.11. The van der Waals surface area contributed by atoms with Crippen LogP contribution in [0.1, 0.15) is 46.0 Å². The first kappa shape index (κ1) is 16.4. The molecule has 3 unspecified atom stereocenters. The van der Waals surface area contributed by atoms with Gasteiger partial charge in [-0.15, -0.1) is 0 Å². The molecule has 1 amide bonds. The van der Waals surface area contributed by atoms with Crippen molar-refractivity contribution in [2.45, 2.75) is 58.0 Å². The van der Waals surface area contributed by atoms with Crippen LogP contribution in [0.4, 0.5) is 0 Å². The van der Waals surface area contributed by atoms with Crippen molar-refractivity contribution in [3.05, 3.63) is 0 Å². The van der Waals surface area contributed by atoms with Crippen molar-refractivity contribution in [1.82, 2.24) is 10.2 Å². The van der Waals surface area contributed by atoms with Gasteiger partial charge in [-0.3, -0.25) is 4.79 Å². The van der Waals surface area contributed by atoms with Crippen LogP contribution in [0.5, 0.6) is 0 Å². The Morgan fingerprint density at radius 1 is 1.32 bits per heavy atom. The molecule has 1 aliphatic carbocycles. The number of amides is 1. The number of nitrogens with one attached hydrogen (secondary N) is 1. The van der Waals surface area contributed by atoms with Gasteiger partial charge < -0.3 is 16.0 Å². The average molecular weight is 269 g/mol. The van der Waals surface area contributed by atoms with Crippen LogP contribution in [0.2, 0.25) is 0 Å². The highest BCUT2D eigenvalue weighted by Crippen LogP contribution is 2.24. The molecule has 1 aliphatic rings. The zero-order valence-corrected chi connectivity index (χ0v) is 13.0. The first-order valence-electron chi connectivity index (χ1n) is 7.63. The Kier molecular flexibility index (Phi) is 6.80. The van der Waals surface area contributed by atoms with Crippen LogP contribution in [0.15, 0.2) is 0 Å². The van der Waals surface area contributed by atoms with Crippen LogP contribution in [-0.2, 0) is 4.79 Å². The van der Waals surface area contributed by atoms with Crippen molar-refractivity contribution in [2.75, 3.05) is 20.6 Å². The fraction of sp³-hybridized carbons (Fsp3) is 0.933. The van der Waals surface area contributed by atoms with Crippen molar-refractivity contribution >= 4 is 5.91 Å². The molecular weight excluding hydrogens is 238 g/mol. The van der Waals surface area contributed by atoms with E-state index in [1.54, 1.807) is 4.90 Å². The lowest BCUT2D eigenvalue weighted by Gasteiger charge is -2.35. The minimum Gasteiger partial charge on any atom is -0.347 e. The number of rotatable bonds is 6. The Labute approximate surface area is 118 Å². The molecule has 112 valence electrons. The quantitative estimate of drug-likeness (QED) is 0.770. The van der Waals surface area contributed by atoms with Crippen molar-refractivity contribution in [3.8, 4) is 0 Å². The molecule has 0 aromatic carbocycles. The second-order valence-corrected chi connectivity index (χ2v) is 6.47. The number of hydrogen-bond donors (Lipinski definition) is 2. The van der Waals surface area contributed by atoms with Crippen molar-refractivity contribution < 1.29 is 4.79 Å². The van der Waals surface area contributed by atoms with E-state index in [1.165, 1.54) is 19.3 Å². The highest BCUT2D eigenvalue weighted by molar-refractivity contribution is 5.81. The van der Waals surface area contributed by atoms with Crippen LogP contribution in [0.3, 0.4) is 0 Å². The summed E-state index contributed by atoms with van der Waals surface area (Å²) in [6.07, 6.45) is 5.76. The average Bonchev–Trinajstić information content (AvgIpc) is 2.37. The van der Waals surface area contributed by atoms with E-state index in [0.717, 1.165) is 19.4 Å². The Morgan fingerprint density at radius 3 is 2.47 bits per heavy atom. The summed E-state index contributed by atoms with van der Waals surface area (Å²) >= 11 is 0. The van der Waals surface area contributed by atoms with E-state index in [1.807, 2.05) is 14.1 Å². The van der Waals surface area contributed by atoms with E-state index in [2.05, 4.69) is 19.2 Å². The molecule has 1 saturated carbocycles. The Morgan fingerprint density at radius 2 is 1.95 bits per heavy atom. The molecule has 0 saturated heterocycles. The first-order valence-corrected chi connectivity index (χ1v) is 7.63. The molecule has 0 radical (unpaired) electrons. The second kappa shape index (κ2) is 7.85. The van der Waals surface area contributed by atoms with E-state index < -0.39 is 0 Å². The van der Waals surface area contributed by atoms with Gasteiger partial charge in [-0.05, 0) is 37.6 Å². The summed E-state index contributed by atoms with van der Waals surface area (Å²) in [5.41, 5.74) is 5.87. The standard InChI is InChI=1S/C15H31N3O/c1-11(2)9-14(15(19)18(3)4)17-13-8-6-5-7-12(13)10-16/h11-14,17H,5-10,16H2,1-4H3. The number of nitrogens with zero attached hydrogens (tertiary/aromatic N) is 1. The fourth-order valence-corrected chi connectivity index (χ4v) is 2.99. The van der Waals surface area contributed by atoms with Gasteiger partial charge in [0.05, 0.1) is 6.04 Å². The normalized spacial score (nSPS) is 25.4. The largest absolute Gasteiger partial charge is 0.347 e. The van der Waals surface area contributed by atoms with Gasteiger partial charge in [-0.25, -0.2) is 0 Å². The highest BCUT2D eigenvalue weighted by atomic mass is 16.2. The predicted molar refractivity (Wildman–Crippen MR) is 79.9 cm³/mol. The molecule has 1 fully saturated rings. The number of hydrogen-bond acceptors (Lipinski definition) is 3. The van der Waals surface area contributed by atoms with Crippen LogP contribution < -0.4 is 11.1 Å². The SMILES string of the molecule is CC(C)CC(NC1CCCCC1CN)C(=O)N(C)C. The first-order chi connectivity index (χ1) is 8.95. The van der Waals surface area contributed by atoms with E-state index in [-0.39, 0.29) is 11.9 Å².